The van der Waals surface area contributed by atoms with Crippen LogP contribution in [0, 0.1) is 6.92 Å². The topological polar surface area (TPSA) is 74.6 Å². The largest absolute Gasteiger partial charge is 0.493 e. The van der Waals surface area contributed by atoms with Crippen LogP contribution < -0.4 is 10.1 Å². The molecule has 1 aliphatic heterocycles. The fourth-order valence-electron chi connectivity index (χ4n) is 5.57. The Kier molecular flexibility index (Phi) is 4.94. The van der Waals surface area contributed by atoms with Crippen molar-refractivity contribution in [3.05, 3.63) is 64.8 Å². The third-order valence-corrected chi connectivity index (χ3v) is 7.24. The minimum absolute atomic E-state index is 0.0333. The Morgan fingerprint density at radius 1 is 1.09 bits per heavy atom. The van der Waals surface area contributed by atoms with Gasteiger partial charge >= 0.3 is 6.18 Å². The van der Waals surface area contributed by atoms with E-state index in [0.717, 1.165) is 11.3 Å². The number of benzene rings is 2. The summed E-state index contributed by atoms with van der Waals surface area (Å²) in [5.74, 6) is 0.523. The van der Waals surface area contributed by atoms with E-state index in [1.54, 1.807) is 32.0 Å². The van der Waals surface area contributed by atoms with Crippen LogP contribution in [0.15, 0.2) is 42.5 Å². The standard InChI is InChI=1S/C26H27F3N2O3/c1-15-7-9-17-19(5-4-6-20(17)31-15)30-14-24(32)18-10-8-16-11-12-34-22(16)21(18)23(2,3)13-25(24,33)26(27,28)29/h4-10,30,32-33H,11-14H2,1-3H3. The highest BCUT2D eigenvalue weighted by Gasteiger charge is 2.71. The SMILES string of the molecule is Cc1ccc2c(NCC3(O)c4ccc5c(c4C(C)(C)CC3(O)C(F)(F)F)OCC5)cccc2n1. The highest BCUT2D eigenvalue weighted by Crippen LogP contribution is 2.59. The number of anilines is 1. The van der Waals surface area contributed by atoms with Gasteiger partial charge in [-0.2, -0.15) is 13.2 Å². The van der Waals surface area contributed by atoms with Gasteiger partial charge in [0.15, 0.2) is 5.60 Å². The molecular formula is C26H27F3N2O3. The van der Waals surface area contributed by atoms with Crippen LogP contribution in [0.25, 0.3) is 10.9 Å². The van der Waals surface area contributed by atoms with Gasteiger partial charge in [-0.05, 0) is 54.2 Å². The molecule has 2 unspecified atom stereocenters. The van der Waals surface area contributed by atoms with Crippen LogP contribution in [0.1, 0.15) is 42.7 Å². The fraction of sp³-hybridized carbons (Fsp3) is 0.423. The van der Waals surface area contributed by atoms with Gasteiger partial charge in [0.2, 0.25) is 0 Å². The lowest BCUT2D eigenvalue weighted by molar-refractivity contribution is -0.330. The first-order valence-electron chi connectivity index (χ1n) is 11.3. The third kappa shape index (κ3) is 3.19. The lowest BCUT2D eigenvalue weighted by Crippen LogP contribution is -2.68. The van der Waals surface area contributed by atoms with Crippen molar-refractivity contribution >= 4 is 16.6 Å². The molecule has 5 rings (SSSR count). The summed E-state index contributed by atoms with van der Waals surface area (Å²) in [4.78, 5) is 4.46. The summed E-state index contributed by atoms with van der Waals surface area (Å²) < 4.78 is 49.2. The van der Waals surface area contributed by atoms with E-state index < -0.39 is 35.8 Å². The van der Waals surface area contributed by atoms with Gasteiger partial charge in [-0.1, -0.05) is 32.0 Å². The molecule has 34 heavy (non-hydrogen) atoms. The molecule has 0 radical (unpaired) electrons. The molecule has 2 aromatic carbocycles. The molecule has 3 N–H and O–H groups in total. The number of ether oxygens (including phenoxy) is 1. The molecule has 2 aliphatic rings. The van der Waals surface area contributed by atoms with Crippen molar-refractivity contribution in [3.8, 4) is 5.75 Å². The van der Waals surface area contributed by atoms with E-state index in [2.05, 4.69) is 10.3 Å². The Labute approximate surface area is 195 Å². The van der Waals surface area contributed by atoms with Crippen molar-refractivity contribution in [1.82, 2.24) is 4.98 Å². The number of pyridine rings is 1. The Bertz CT molecular complexity index is 1290. The Balaban J connectivity index is 1.66. The van der Waals surface area contributed by atoms with Gasteiger partial charge in [-0.15, -0.1) is 0 Å². The van der Waals surface area contributed by atoms with Gasteiger partial charge in [0, 0.05) is 28.8 Å². The minimum Gasteiger partial charge on any atom is -0.493 e. The lowest BCUT2D eigenvalue weighted by atomic mass is 9.58. The van der Waals surface area contributed by atoms with E-state index in [-0.39, 0.29) is 5.56 Å². The molecule has 180 valence electrons. The number of nitrogens with one attached hydrogen (secondary N) is 1. The number of aryl methyl sites for hydroxylation is 1. The zero-order valence-corrected chi connectivity index (χ0v) is 19.3. The number of alkyl halides is 3. The highest BCUT2D eigenvalue weighted by atomic mass is 19.4. The summed E-state index contributed by atoms with van der Waals surface area (Å²) >= 11 is 0. The zero-order chi connectivity index (χ0) is 24.5. The first-order chi connectivity index (χ1) is 15.9. The molecule has 0 saturated carbocycles. The summed E-state index contributed by atoms with van der Waals surface area (Å²) in [6, 6.07) is 12.1. The van der Waals surface area contributed by atoms with Crippen LogP contribution in [0.5, 0.6) is 5.75 Å². The summed E-state index contributed by atoms with van der Waals surface area (Å²) in [6.07, 6.45) is -5.12. The summed E-state index contributed by atoms with van der Waals surface area (Å²) in [6.45, 7) is 5.03. The highest BCUT2D eigenvalue weighted by molar-refractivity contribution is 5.91. The van der Waals surface area contributed by atoms with E-state index in [1.165, 1.54) is 6.07 Å². The van der Waals surface area contributed by atoms with Crippen LogP contribution >= 0.6 is 0 Å². The quantitative estimate of drug-likeness (QED) is 0.513. The van der Waals surface area contributed by atoms with Gasteiger partial charge in [0.25, 0.3) is 0 Å². The van der Waals surface area contributed by atoms with E-state index in [0.29, 0.717) is 40.9 Å². The molecule has 0 fully saturated rings. The maximum Gasteiger partial charge on any atom is 0.420 e. The number of hydrogen-bond donors (Lipinski definition) is 3. The smallest absolute Gasteiger partial charge is 0.420 e. The minimum atomic E-state index is -5.07. The van der Waals surface area contributed by atoms with Crippen LogP contribution in [0.4, 0.5) is 18.9 Å². The molecule has 5 nitrogen and oxygen atoms in total. The van der Waals surface area contributed by atoms with Crippen molar-refractivity contribution in [2.45, 2.75) is 56.4 Å². The molecule has 1 aliphatic carbocycles. The number of fused-ring (bicyclic) bond motifs is 4. The van der Waals surface area contributed by atoms with E-state index in [9.17, 15) is 23.4 Å². The van der Waals surface area contributed by atoms with Crippen molar-refractivity contribution < 1.29 is 28.1 Å². The monoisotopic (exact) mass is 472 g/mol. The van der Waals surface area contributed by atoms with Crippen molar-refractivity contribution in [1.29, 1.82) is 0 Å². The van der Waals surface area contributed by atoms with Gasteiger partial charge in [0.1, 0.15) is 11.4 Å². The predicted molar refractivity (Wildman–Crippen MR) is 123 cm³/mol. The van der Waals surface area contributed by atoms with Crippen LogP contribution in [-0.2, 0) is 17.4 Å². The molecule has 0 saturated heterocycles. The van der Waals surface area contributed by atoms with Gasteiger partial charge in [0.05, 0.1) is 18.7 Å². The number of nitrogens with zero attached hydrogens (tertiary/aromatic N) is 1. The second kappa shape index (κ2) is 7.33. The van der Waals surface area contributed by atoms with Crippen molar-refractivity contribution in [2.24, 2.45) is 0 Å². The summed E-state index contributed by atoms with van der Waals surface area (Å²) in [7, 11) is 0. The van der Waals surface area contributed by atoms with Crippen LogP contribution in [-0.4, -0.2) is 40.1 Å². The lowest BCUT2D eigenvalue weighted by Gasteiger charge is -2.53. The summed E-state index contributed by atoms with van der Waals surface area (Å²) in [5, 5.41) is 26.7. The molecule has 1 aromatic heterocycles. The molecular weight excluding hydrogens is 445 g/mol. The number of halogens is 3. The van der Waals surface area contributed by atoms with E-state index >= 15 is 0 Å². The Hall–Kier alpha value is -2.84. The number of rotatable bonds is 3. The molecule has 0 spiro atoms. The molecule has 3 aromatic rings. The molecule has 0 bridgehead atoms. The number of hydrogen-bond acceptors (Lipinski definition) is 5. The third-order valence-electron chi connectivity index (χ3n) is 7.24. The average molecular weight is 473 g/mol. The van der Waals surface area contributed by atoms with Crippen molar-refractivity contribution in [3.63, 3.8) is 0 Å². The second-order valence-electron chi connectivity index (χ2n) is 10.0. The maximum absolute atomic E-state index is 14.5. The predicted octanol–water partition coefficient (Wildman–Crippen LogP) is 4.75. The van der Waals surface area contributed by atoms with Gasteiger partial charge < -0.3 is 20.3 Å². The maximum atomic E-state index is 14.5. The second-order valence-corrected chi connectivity index (χ2v) is 10.0. The summed E-state index contributed by atoms with van der Waals surface area (Å²) in [5.41, 5.74) is -3.65. The Morgan fingerprint density at radius 2 is 1.85 bits per heavy atom. The van der Waals surface area contributed by atoms with Crippen LogP contribution in [0.3, 0.4) is 0 Å². The normalized spacial score (nSPS) is 25.5. The molecule has 2 heterocycles. The van der Waals surface area contributed by atoms with Gasteiger partial charge in [-0.25, -0.2) is 0 Å². The average Bonchev–Trinajstić information content (AvgIpc) is 3.23. The molecule has 2 atom stereocenters. The Morgan fingerprint density at radius 3 is 2.59 bits per heavy atom. The number of aliphatic hydroxyl groups is 2. The van der Waals surface area contributed by atoms with E-state index in [1.807, 2.05) is 25.1 Å². The zero-order valence-electron chi connectivity index (χ0n) is 19.3. The van der Waals surface area contributed by atoms with E-state index in [4.69, 9.17) is 4.74 Å². The first-order valence-corrected chi connectivity index (χ1v) is 11.3. The number of aromatic nitrogens is 1. The first kappa shape index (κ1) is 22.9. The fourth-order valence-corrected chi connectivity index (χ4v) is 5.57. The van der Waals surface area contributed by atoms with Crippen molar-refractivity contribution in [2.75, 3.05) is 18.5 Å². The van der Waals surface area contributed by atoms with Gasteiger partial charge in [-0.3, -0.25) is 4.98 Å². The molecule has 8 heteroatoms. The van der Waals surface area contributed by atoms with Crippen LogP contribution in [0.2, 0.25) is 0 Å². The molecule has 0 amide bonds.